The normalized spacial score (nSPS) is 13.8. The molecule has 0 heterocycles. The zero-order valence-electron chi connectivity index (χ0n) is 16.1. The number of aliphatic hydroxyl groups is 1. The first kappa shape index (κ1) is 21.0. The van der Waals surface area contributed by atoms with Gasteiger partial charge in [-0.3, -0.25) is 4.79 Å². The highest BCUT2D eigenvalue weighted by Gasteiger charge is 2.27. The number of phenols is 1. The van der Waals surface area contributed by atoms with Crippen LogP contribution in [0.5, 0.6) is 5.75 Å². The molecule has 2 N–H and O–H groups in total. The minimum Gasteiger partial charge on any atom is -0.507 e. The first-order valence-corrected chi connectivity index (χ1v) is 9.50. The standard InChI is InChI=1S/C20H32O3S/c1-13(18(23)24-9-8-21)10-14-11-15(19(2,3)4)17(22)16(12-14)20(5,6)7/h11-13,21-22H,8-10H2,1-7H3. The highest BCUT2D eigenvalue weighted by molar-refractivity contribution is 8.13. The second-order valence-electron chi connectivity index (χ2n) is 8.54. The predicted octanol–water partition coefficient (Wildman–Crippen LogP) is 4.42. The topological polar surface area (TPSA) is 57.5 Å². The van der Waals surface area contributed by atoms with Gasteiger partial charge >= 0.3 is 0 Å². The molecule has 1 atom stereocenters. The lowest BCUT2D eigenvalue weighted by atomic mass is 9.77. The van der Waals surface area contributed by atoms with E-state index in [1.165, 1.54) is 11.8 Å². The van der Waals surface area contributed by atoms with E-state index in [4.69, 9.17) is 5.11 Å². The van der Waals surface area contributed by atoms with Gasteiger partial charge in [0.05, 0.1) is 6.61 Å². The van der Waals surface area contributed by atoms with E-state index in [2.05, 4.69) is 41.5 Å². The number of hydrogen-bond acceptors (Lipinski definition) is 4. The number of aliphatic hydroxyl groups excluding tert-OH is 1. The summed E-state index contributed by atoms with van der Waals surface area (Å²) in [6, 6.07) is 4.07. The molecule has 1 unspecified atom stereocenters. The molecule has 136 valence electrons. The van der Waals surface area contributed by atoms with Gasteiger partial charge in [0.2, 0.25) is 0 Å². The molecule has 1 rings (SSSR count). The predicted molar refractivity (Wildman–Crippen MR) is 103 cm³/mol. The number of thioether (sulfide) groups is 1. The number of benzene rings is 1. The fourth-order valence-electron chi connectivity index (χ4n) is 2.68. The van der Waals surface area contributed by atoms with Crippen LogP contribution in [0.2, 0.25) is 0 Å². The van der Waals surface area contributed by atoms with Crippen molar-refractivity contribution in [2.45, 2.75) is 65.7 Å². The molecule has 0 bridgehead atoms. The lowest BCUT2D eigenvalue weighted by molar-refractivity contribution is -0.113. The smallest absolute Gasteiger partial charge is 0.192 e. The quantitative estimate of drug-likeness (QED) is 0.824. The average Bonchev–Trinajstić information content (AvgIpc) is 2.43. The summed E-state index contributed by atoms with van der Waals surface area (Å²) in [7, 11) is 0. The Hall–Kier alpha value is -1.000. The zero-order chi connectivity index (χ0) is 18.7. The number of carbonyl (C=O) groups excluding carboxylic acids is 1. The summed E-state index contributed by atoms with van der Waals surface area (Å²) >= 11 is 1.19. The van der Waals surface area contributed by atoms with Crippen molar-refractivity contribution in [2.75, 3.05) is 12.4 Å². The van der Waals surface area contributed by atoms with E-state index in [9.17, 15) is 9.90 Å². The molecule has 1 aromatic carbocycles. The molecule has 24 heavy (non-hydrogen) atoms. The Kier molecular flexibility index (Phi) is 6.94. The molecule has 0 spiro atoms. The lowest BCUT2D eigenvalue weighted by Crippen LogP contribution is -2.19. The van der Waals surface area contributed by atoms with Crippen molar-refractivity contribution in [3.05, 3.63) is 28.8 Å². The lowest BCUT2D eigenvalue weighted by Gasteiger charge is -2.28. The van der Waals surface area contributed by atoms with Crippen LogP contribution >= 0.6 is 11.8 Å². The zero-order valence-corrected chi connectivity index (χ0v) is 16.9. The summed E-state index contributed by atoms with van der Waals surface area (Å²) in [5, 5.41) is 19.7. The second kappa shape index (κ2) is 7.92. The van der Waals surface area contributed by atoms with Gasteiger partial charge in [-0.25, -0.2) is 0 Å². The first-order valence-electron chi connectivity index (χ1n) is 8.52. The van der Waals surface area contributed by atoms with Crippen LogP contribution in [-0.4, -0.2) is 27.7 Å². The molecule has 0 saturated heterocycles. The Morgan fingerprint density at radius 1 is 1.08 bits per heavy atom. The van der Waals surface area contributed by atoms with Crippen LogP contribution in [0, 0.1) is 5.92 Å². The molecule has 0 amide bonds. The van der Waals surface area contributed by atoms with Gasteiger partial charge in [0, 0.05) is 11.7 Å². The molecule has 3 nitrogen and oxygen atoms in total. The fraction of sp³-hybridized carbons (Fsp3) is 0.650. The van der Waals surface area contributed by atoms with E-state index in [0.29, 0.717) is 17.9 Å². The largest absolute Gasteiger partial charge is 0.507 e. The van der Waals surface area contributed by atoms with Gasteiger partial charge in [-0.2, -0.15) is 0 Å². The van der Waals surface area contributed by atoms with E-state index in [1.807, 2.05) is 19.1 Å². The van der Waals surface area contributed by atoms with Gasteiger partial charge in [-0.05, 0) is 33.9 Å². The van der Waals surface area contributed by atoms with Crippen molar-refractivity contribution in [3.8, 4) is 5.75 Å². The number of hydrogen-bond donors (Lipinski definition) is 2. The molecular weight excluding hydrogens is 320 g/mol. The third kappa shape index (κ3) is 5.52. The van der Waals surface area contributed by atoms with E-state index < -0.39 is 0 Å². The van der Waals surface area contributed by atoms with Gasteiger partial charge in [-0.15, -0.1) is 0 Å². The Balaban J connectivity index is 3.22. The monoisotopic (exact) mass is 352 g/mol. The Morgan fingerprint density at radius 2 is 1.54 bits per heavy atom. The van der Waals surface area contributed by atoms with Crippen LogP contribution in [0.1, 0.15) is 65.2 Å². The number of phenolic OH excluding ortho intramolecular Hbond substituents is 1. The maximum Gasteiger partial charge on any atom is 0.192 e. The minimum absolute atomic E-state index is 0.0185. The Morgan fingerprint density at radius 3 is 1.92 bits per heavy atom. The number of rotatable bonds is 5. The van der Waals surface area contributed by atoms with Crippen LogP contribution < -0.4 is 0 Å². The summed E-state index contributed by atoms with van der Waals surface area (Å²) in [6.45, 7) is 14.5. The third-order valence-electron chi connectivity index (χ3n) is 4.07. The molecule has 4 heteroatoms. The molecule has 0 aliphatic heterocycles. The summed E-state index contributed by atoms with van der Waals surface area (Å²) in [4.78, 5) is 12.1. The fourth-order valence-corrected chi connectivity index (χ4v) is 3.34. The second-order valence-corrected chi connectivity index (χ2v) is 9.64. The van der Waals surface area contributed by atoms with Gasteiger partial charge < -0.3 is 10.2 Å². The summed E-state index contributed by atoms with van der Waals surface area (Å²) < 4.78 is 0. The van der Waals surface area contributed by atoms with Gasteiger partial charge in [0.1, 0.15) is 5.75 Å². The number of carbonyl (C=O) groups is 1. The van der Waals surface area contributed by atoms with Crippen molar-refractivity contribution in [3.63, 3.8) is 0 Å². The average molecular weight is 353 g/mol. The maximum atomic E-state index is 12.1. The molecule has 0 radical (unpaired) electrons. The third-order valence-corrected chi connectivity index (χ3v) is 5.14. The van der Waals surface area contributed by atoms with E-state index >= 15 is 0 Å². The molecule has 0 aliphatic carbocycles. The van der Waals surface area contributed by atoms with Crippen LogP contribution in [0.25, 0.3) is 0 Å². The van der Waals surface area contributed by atoms with Crippen molar-refractivity contribution in [1.82, 2.24) is 0 Å². The van der Waals surface area contributed by atoms with Gasteiger partial charge in [-0.1, -0.05) is 72.4 Å². The number of aromatic hydroxyl groups is 1. The van der Waals surface area contributed by atoms with Crippen LogP contribution in [0.3, 0.4) is 0 Å². The van der Waals surface area contributed by atoms with Crippen molar-refractivity contribution >= 4 is 16.9 Å². The van der Waals surface area contributed by atoms with E-state index in [1.54, 1.807) is 0 Å². The van der Waals surface area contributed by atoms with Gasteiger partial charge in [0.15, 0.2) is 5.12 Å². The highest BCUT2D eigenvalue weighted by Crippen LogP contribution is 2.40. The molecule has 0 saturated carbocycles. The van der Waals surface area contributed by atoms with E-state index in [0.717, 1.165) is 16.7 Å². The van der Waals surface area contributed by atoms with Gasteiger partial charge in [0.25, 0.3) is 0 Å². The SMILES string of the molecule is CC(Cc1cc(C(C)(C)C)c(O)c(C(C)(C)C)c1)C(=O)SCCO. The van der Waals surface area contributed by atoms with Crippen LogP contribution in [0.15, 0.2) is 12.1 Å². The maximum absolute atomic E-state index is 12.1. The summed E-state index contributed by atoms with van der Waals surface area (Å²) in [5.74, 6) is 0.693. The van der Waals surface area contributed by atoms with Crippen molar-refractivity contribution in [1.29, 1.82) is 0 Å². The summed E-state index contributed by atoms with van der Waals surface area (Å²) in [5.41, 5.74) is 2.59. The van der Waals surface area contributed by atoms with E-state index in [-0.39, 0.29) is 28.5 Å². The minimum atomic E-state index is -0.168. The van der Waals surface area contributed by atoms with Crippen molar-refractivity contribution < 1.29 is 15.0 Å². The van der Waals surface area contributed by atoms with Crippen molar-refractivity contribution in [2.24, 2.45) is 5.92 Å². The molecule has 1 aromatic rings. The molecule has 0 fully saturated rings. The Labute approximate surface area is 150 Å². The summed E-state index contributed by atoms with van der Waals surface area (Å²) in [6.07, 6.45) is 0.643. The molecular formula is C20H32O3S. The Bertz CT molecular complexity index is 545. The van der Waals surface area contributed by atoms with Crippen LogP contribution in [0.4, 0.5) is 0 Å². The first-order chi connectivity index (χ1) is 10.9. The highest BCUT2D eigenvalue weighted by atomic mass is 32.2. The van der Waals surface area contributed by atoms with Crippen LogP contribution in [-0.2, 0) is 22.0 Å². The molecule has 0 aliphatic rings. The molecule has 0 aromatic heterocycles.